The van der Waals surface area contributed by atoms with Crippen LogP contribution in [0, 0.1) is 0 Å². The van der Waals surface area contributed by atoms with Gasteiger partial charge in [0.15, 0.2) is 0 Å². The summed E-state index contributed by atoms with van der Waals surface area (Å²) in [6.45, 7) is 3.39. The first-order valence-corrected chi connectivity index (χ1v) is 11.1. The van der Waals surface area contributed by atoms with E-state index in [4.69, 9.17) is 16.3 Å². The van der Waals surface area contributed by atoms with Gasteiger partial charge in [-0.25, -0.2) is 0 Å². The van der Waals surface area contributed by atoms with Crippen LogP contribution in [-0.2, 0) is 13.1 Å². The summed E-state index contributed by atoms with van der Waals surface area (Å²) in [5.74, 6) is -0.299. The number of hydrogen-bond acceptors (Lipinski definition) is 4. The van der Waals surface area contributed by atoms with Gasteiger partial charge >= 0.3 is 0 Å². The van der Waals surface area contributed by atoms with Crippen LogP contribution >= 0.6 is 11.6 Å². The van der Waals surface area contributed by atoms with Gasteiger partial charge in [0, 0.05) is 42.6 Å². The van der Waals surface area contributed by atoms with E-state index in [1.54, 1.807) is 34.6 Å². The zero-order chi connectivity index (χ0) is 23.4. The molecule has 7 nitrogen and oxygen atoms in total. The number of nitrogens with zero attached hydrogens (tertiary/aromatic N) is 2. The molecule has 1 aliphatic rings. The van der Waals surface area contributed by atoms with Crippen LogP contribution in [0.5, 0.6) is 5.75 Å². The predicted molar refractivity (Wildman–Crippen MR) is 126 cm³/mol. The Balaban J connectivity index is 1.72. The highest BCUT2D eigenvalue weighted by molar-refractivity contribution is 6.30. The monoisotopic (exact) mass is 465 g/mol. The predicted octanol–water partition coefficient (Wildman–Crippen LogP) is 3.33. The number of aromatic nitrogens is 1. The molecular weight excluding hydrogens is 442 g/mol. The second-order valence-electron chi connectivity index (χ2n) is 7.76. The first-order valence-electron chi connectivity index (χ1n) is 10.7. The number of halogens is 1. The van der Waals surface area contributed by atoms with Crippen molar-refractivity contribution in [3.63, 3.8) is 0 Å². The van der Waals surface area contributed by atoms with E-state index < -0.39 is 17.2 Å². The molecule has 170 valence electrons. The van der Waals surface area contributed by atoms with Gasteiger partial charge in [0.1, 0.15) is 23.5 Å². The Morgan fingerprint density at radius 3 is 2.61 bits per heavy atom. The molecule has 0 aliphatic carbocycles. The molecule has 2 heterocycles. The molecule has 1 aromatic heterocycles. The van der Waals surface area contributed by atoms with Gasteiger partial charge < -0.3 is 19.5 Å². The average Bonchev–Trinajstić information content (AvgIpc) is 3.02. The maximum absolute atomic E-state index is 13.5. The fourth-order valence-electron chi connectivity index (χ4n) is 3.79. The summed E-state index contributed by atoms with van der Waals surface area (Å²) in [6, 6.07) is 14.9. The van der Waals surface area contributed by atoms with Gasteiger partial charge in [0.2, 0.25) is 5.43 Å². The average molecular weight is 466 g/mol. The quantitative estimate of drug-likeness (QED) is 0.626. The third-order valence-corrected chi connectivity index (χ3v) is 5.62. The molecular formula is C25H24ClN3O4. The van der Waals surface area contributed by atoms with Crippen molar-refractivity contribution in [1.29, 1.82) is 0 Å². The summed E-state index contributed by atoms with van der Waals surface area (Å²) < 4.78 is 7.45. The Kier molecular flexibility index (Phi) is 6.79. The summed E-state index contributed by atoms with van der Waals surface area (Å²) in [6.07, 6.45) is 3.02. The van der Waals surface area contributed by atoms with Crippen molar-refractivity contribution in [2.24, 2.45) is 0 Å². The van der Waals surface area contributed by atoms with E-state index in [1.807, 2.05) is 30.3 Å². The van der Waals surface area contributed by atoms with Crippen LogP contribution < -0.4 is 15.5 Å². The normalized spacial score (nSPS) is 13.0. The minimum Gasteiger partial charge on any atom is -0.491 e. The van der Waals surface area contributed by atoms with Crippen molar-refractivity contribution in [2.45, 2.75) is 20.0 Å². The molecule has 8 heteroatoms. The van der Waals surface area contributed by atoms with Crippen LogP contribution in [-0.4, -0.2) is 41.0 Å². The lowest BCUT2D eigenvalue weighted by molar-refractivity contribution is 0.0731. The van der Waals surface area contributed by atoms with Gasteiger partial charge in [-0.05, 0) is 30.7 Å². The summed E-state index contributed by atoms with van der Waals surface area (Å²) in [7, 11) is 0. The molecule has 3 aromatic rings. The van der Waals surface area contributed by atoms with Crippen LogP contribution in [0.25, 0.3) is 0 Å². The fourth-order valence-corrected chi connectivity index (χ4v) is 3.99. The van der Waals surface area contributed by atoms with Crippen molar-refractivity contribution >= 4 is 23.4 Å². The number of benzene rings is 2. The molecule has 0 bridgehead atoms. The second kappa shape index (κ2) is 9.92. The lowest BCUT2D eigenvalue weighted by Gasteiger charge is -2.21. The van der Waals surface area contributed by atoms with Crippen molar-refractivity contribution in [2.75, 3.05) is 19.7 Å². The number of nitrogens with one attached hydrogen (secondary N) is 1. The standard InChI is InChI=1S/C25H24ClN3O4/c1-2-27-24(31)20-15-28(13-17-6-4-3-5-7-17)16-21(23(20)30)25(32)29-10-11-33-22-9-8-19(26)12-18(22)14-29/h3-9,12,15-16H,2,10-11,13-14H2,1H3,(H,27,31). The fraction of sp³-hybridized carbons (Fsp3) is 0.240. The number of fused-ring (bicyclic) bond motifs is 1. The van der Waals surface area contributed by atoms with E-state index >= 15 is 0 Å². The Morgan fingerprint density at radius 1 is 1.09 bits per heavy atom. The SMILES string of the molecule is CCNC(=O)c1cn(Cc2ccccc2)cc(C(=O)N2CCOc3ccc(Cl)cc3C2)c1=O. The van der Waals surface area contributed by atoms with E-state index in [0.29, 0.717) is 30.4 Å². The van der Waals surface area contributed by atoms with Gasteiger partial charge in [-0.2, -0.15) is 0 Å². The Bertz CT molecular complexity index is 1240. The first-order chi connectivity index (χ1) is 16.0. The Labute approximate surface area is 196 Å². The van der Waals surface area contributed by atoms with Crippen LogP contribution in [0.4, 0.5) is 0 Å². The van der Waals surface area contributed by atoms with Crippen molar-refractivity contribution in [3.8, 4) is 5.75 Å². The lowest BCUT2D eigenvalue weighted by Crippen LogP contribution is -2.38. The molecule has 0 saturated carbocycles. The molecule has 1 N–H and O–H groups in total. The lowest BCUT2D eigenvalue weighted by atomic mass is 10.1. The molecule has 33 heavy (non-hydrogen) atoms. The third-order valence-electron chi connectivity index (χ3n) is 5.39. The number of carbonyl (C=O) groups excluding carboxylic acids is 2. The number of amides is 2. The number of hydrogen-bond donors (Lipinski definition) is 1. The molecule has 0 unspecified atom stereocenters. The first kappa shape index (κ1) is 22.6. The van der Waals surface area contributed by atoms with Gasteiger partial charge in [-0.1, -0.05) is 41.9 Å². The Hall–Kier alpha value is -3.58. The molecule has 0 radical (unpaired) electrons. The number of pyridine rings is 1. The van der Waals surface area contributed by atoms with Crippen molar-refractivity contribution in [3.05, 3.63) is 98.4 Å². The van der Waals surface area contributed by atoms with E-state index in [1.165, 1.54) is 12.4 Å². The van der Waals surface area contributed by atoms with Crippen molar-refractivity contribution < 1.29 is 14.3 Å². The Morgan fingerprint density at radius 2 is 1.85 bits per heavy atom. The zero-order valence-electron chi connectivity index (χ0n) is 18.2. The molecule has 2 amide bonds. The number of ether oxygens (including phenoxy) is 1. The van der Waals surface area contributed by atoms with Gasteiger partial charge in [0.25, 0.3) is 11.8 Å². The minimum atomic E-state index is -0.591. The van der Waals surface area contributed by atoms with E-state index in [9.17, 15) is 14.4 Å². The summed E-state index contributed by atoms with van der Waals surface area (Å²) >= 11 is 6.13. The van der Waals surface area contributed by atoms with Crippen LogP contribution in [0.3, 0.4) is 0 Å². The summed E-state index contributed by atoms with van der Waals surface area (Å²) in [4.78, 5) is 40.8. The van der Waals surface area contributed by atoms with E-state index in [0.717, 1.165) is 11.1 Å². The summed E-state index contributed by atoms with van der Waals surface area (Å²) in [5, 5.41) is 3.19. The molecule has 1 aliphatic heterocycles. The van der Waals surface area contributed by atoms with Crippen LogP contribution in [0.2, 0.25) is 5.02 Å². The molecule has 0 fully saturated rings. The highest BCUT2D eigenvalue weighted by Crippen LogP contribution is 2.26. The second-order valence-corrected chi connectivity index (χ2v) is 8.20. The highest BCUT2D eigenvalue weighted by Gasteiger charge is 2.26. The molecule has 2 aromatic carbocycles. The van der Waals surface area contributed by atoms with Crippen molar-refractivity contribution in [1.82, 2.24) is 14.8 Å². The van der Waals surface area contributed by atoms with Gasteiger partial charge in [-0.15, -0.1) is 0 Å². The molecule has 0 spiro atoms. The maximum atomic E-state index is 13.5. The summed E-state index contributed by atoms with van der Waals surface area (Å²) in [5.41, 5.74) is 1.03. The highest BCUT2D eigenvalue weighted by atomic mass is 35.5. The van der Waals surface area contributed by atoms with Gasteiger partial charge in [-0.3, -0.25) is 14.4 Å². The smallest absolute Gasteiger partial charge is 0.259 e. The number of carbonyl (C=O) groups is 2. The van der Waals surface area contributed by atoms with Crippen LogP contribution in [0.1, 0.15) is 38.8 Å². The maximum Gasteiger partial charge on any atom is 0.259 e. The van der Waals surface area contributed by atoms with E-state index in [-0.39, 0.29) is 24.3 Å². The molecule has 0 atom stereocenters. The minimum absolute atomic E-state index is 0.0554. The van der Waals surface area contributed by atoms with Gasteiger partial charge in [0.05, 0.1) is 6.54 Å². The number of rotatable bonds is 5. The third kappa shape index (κ3) is 5.09. The van der Waals surface area contributed by atoms with E-state index in [2.05, 4.69) is 5.32 Å². The zero-order valence-corrected chi connectivity index (χ0v) is 19.0. The largest absolute Gasteiger partial charge is 0.491 e. The molecule has 4 rings (SSSR count). The topological polar surface area (TPSA) is 80.6 Å². The molecule has 0 saturated heterocycles. The van der Waals surface area contributed by atoms with Crippen LogP contribution in [0.15, 0.2) is 65.7 Å².